The maximum Gasteiger partial charge on any atom is 0.254 e. The lowest BCUT2D eigenvalue weighted by atomic mass is 10.1. The number of hydrogen-bond acceptors (Lipinski definition) is 4. The first-order chi connectivity index (χ1) is 9.47. The molecule has 2 aromatic heterocycles. The predicted molar refractivity (Wildman–Crippen MR) is 78.9 cm³/mol. The van der Waals surface area contributed by atoms with Crippen LogP contribution in [0, 0.1) is 20.8 Å². The van der Waals surface area contributed by atoms with Crippen LogP contribution < -0.4 is 10.9 Å². The summed E-state index contributed by atoms with van der Waals surface area (Å²) < 4.78 is 0. The zero-order chi connectivity index (χ0) is 14.7. The second-order valence-electron chi connectivity index (χ2n) is 4.70. The molecule has 0 spiro atoms. The zero-order valence-corrected chi connectivity index (χ0v) is 12.6. The Morgan fingerprint density at radius 2 is 2.15 bits per heavy atom. The van der Waals surface area contributed by atoms with Crippen LogP contribution in [0.15, 0.2) is 16.2 Å². The first-order valence-corrected chi connectivity index (χ1v) is 7.21. The highest BCUT2D eigenvalue weighted by Gasteiger charge is 2.12. The molecular formula is C14H17N3O2S. The molecule has 106 valence electrons. The van der Waals surface area contributed by atoms with Crippen LogP contribution in [0.25, 0.3) is 0 Å². The van der Waals surface area contributed by atoms with Gasteiger partial charge < -0.3 is 10.3 Å². The average Bonchev–Trinajstić information content (AvgIpc) is 2.77. The van der Waals surface area contributed by atoms with E-state index in [1.54, 1.807) is 25.2 Å². The van der Waals surface area contributed by atoms with Crippen molar-refractivity contribution in [1.29, 1.82) is 0 Å². The third-order valence-corrected chi connectivity index (χ3v) is 4.12. The van der Waals surface area contributed by atoms with E-state index in [4.69, 9.17) is 0 Å². The second-order valence-corrected chi connectivity index (χ2v) is 5.70. The van der Waals surface area contributed by atoms with Crippen molar-refractivity contribution in [2.24, 2.45) is 0 Å². The number of amides is 1. The van der Waals surface area contributed by atoms with Crippen molar-refractivity contribution in [2.75, 3.05) is 0 Å². The number of hydrogen-bond donors (Lipinski definition) is 2. The van der Waals surface area contributed by atoms with E-state index in [2.05, 4.69) is 15.3 Å². The highest BCUT2D eigenvalue weighted by Crippen LogP contribution is 2.14. The number of aromatic nitrogens is 2. The molecule has 2 aromatic rings. The van der Waals surface area contributed by atoms with Crippen LogP contribution in [0.1, 0.15) is 27.5 Å². The van der Waals surface area contributed by atoms with Crippen molar-refractivity contribution in [2.45, 2.75) is 33.7 Å². The first-order valence-electron chi connectivity index (χ1n) is 6.33. The summed E-state index contributed by atoms with van der Waals surface area (Å²) >= 11 is 1.61. The van der Waals surface area contributed by atoms with Gasteiger partial charge >= 0.3 is 0 Å². The van der Waals surface area contributed by atoms with E-state index in [1.165, 1.54) is 5.56 Å². The van der Waals surface area contributed by atoms with Crippen molar-refractivity contribution in [3.8, 4) is 0 Å². The third-order valence-electron chi connectivity index (χ3n) is 3.09. The van der Waals surface area contributed by atoms with Gasteiger partial charge in [-0.3, -0.25) is 9.59 Å². The molecule has 0 atom stereocenters. The van der Waals surface area contributed by atoms with Crippen LogP contribution in [-0.2, 0) is 17.8 Å². The summed E-state index contributed by atoms with van der Waals surface area (Å²) in [5, 5.41) is 4.83. The number of carbonyl (C=O) groups excluding carboxylic acids is 1. The van der Waals surface area contributed by atoms with Crippen molar-refractivity contribution in [3.63, 3.8) is 0 Å². The number of nitrogens with one attached hydrogen (secondary N) is 2. The molecular weight excluding hydrogens is 274 g/mol. The summed E-state index contributed by atoms with van der Waals surface area (Å²) in [5.41, 5.74) is 1.96. The van der Waals surface area contributed by atoms with Crippen LogP contribution >= 0.6 is 11.3 Å². The Bertz CT molecular complexity index is 688. The van der Waals surface area contributed by atoms with Crippen molar-refractivity contribution >= 4 is 17.2 Å². The predicted octanol–water partition coefficient (Wildman–Crippen LogP) is 1.62. The van der Waals surface area contributed by atoms with Crippen LogP contribution in [0.4, 0.5) is 0 Å². The molecule has 0 unspecified atom stereocenters. The number of carbonyl (C=O) groups is 1. The SMILES string of the molecule is Cc1nc(C)c(CC(=O)NCc2sccc2C)c(=O)[nH]1. The summed E-state index contributed by atoms with van der Waals surface area (Å²) in [6.07, 6.45) is 0.0544. The number of aromatic amines is 1. The largest absolute Gasteiger partial charge is 0.351 e. The quantitative estimate of drug-likeness (QED) is 0.898. The van der Waals surface area contributed by atoms with Gasteiger partial charge in [0.2, 0.25) is 5.91 Å². The highest BCUT2D eigenvalue weighted by atomic mass is 32.1. The summed E-state index contributed by atoms with van der Waals surface area (Å²) in [4.78, 5) is 31.7. The summed E-state index contributed by atoms with van der Waals surface area (Å²) in [6, 6.07) is 2.02. The molecule has 0 saturated carbocycles. The molecule has 6 heteroatoms. The molecule has 2 heterocycles. The molecule has 0 aliphatic heterocycles. The summed E-state index contributed by atoms with van der Waals surface area (Å²) in [5.74, 6) is 0.392. The van der Waals surface area contributed by atoms with Crippen molar-refractivity contribution < 1.29 is 4.79 Å². The van der Waals surface area contributed by atoms with E-state index in [9.17, 15) is 9.59 Å². The van der Waals surface area contributed by atoms with E-state index in [1.807, 2.05) is 18.4 Å². The fourth-order valence-electron chi connectivity index (χ4n) is 1.95. The first kappa shape index (κ1) is 14.5. The fraction of sp³-hybridized carbons (Fsp3) is 0.357. The number of H-pyrrole nitrogens is 1. The molecule has 0 aromatic carbocycles. The molecule has 5 nitrogen and oxygen atoms in total. The van der Waals surface area contributed by atoms with Crippen LogP contribution in [0.3, 0.4) is 0 Å². The van der Waals surface area contributed by atoms with Gasteiger partial charge in [0.25, 0.3) is 5.56 Å². The lowest BCUT2D eigenvalue weighted by Crippen LogP contribution is -2.28. The Hall–Kier alpha value is -1.95. The molecule has 0 aliphatic carbocycles. The molecule has 0 aliphatic rings. The molecule has 0 radical (unpaired) electrons. The molecule has 0 bridgehead atoms. The van der Waals surface area contributed by atoms with Gasteiger partial charge in [0.1, 0.15) is 5.82 Å². The smallest absolute Gasteiger partial charge is 0.254 e. The topological polar surface area (TPSA) is 74.8 Å². The zero-order valence-electron chi connectivity index (χ0n) is 11.7. The maximum absolute atomic E-state index is 11.9. The van der Waals surface area contributed by atoms with Gasteiger partial charge in [-0.1, -0.05) is 0 Å². The van der Waals surface area contributed by atoms with E-state index >= 15 is 0 Å². The Labute approximate surface area is 121 Å². The molecule has 0 saturated heterocycles. The number of nitrogens with zero attached hydrogens (tertiary/aromatic N) is 1. The van der Waals surface area contributed by atoms with Crippen LogP contribution in [0.2, 0.25) is 0 Å². The molecule has 1 amide bonds. The lowest BCUT2D eigenvalue weighted by Gasteiger charge is -2.07. The minimum Gasteiger partial charge on any atom is -0.351 e. The van der Waals surface area contributed by atoms with E-state index in [0.717, 1.165) is 4.88 Å². The average molecular weight is 291 g/mol. The number of rotatable bonds is 4. The van der Waals surface area contributed by atoms with Gasteiger partial charge in [0.05, 0.1) is 13.0 Å². The number of aryl methyl sites for hydroxylation is 3. The Kier molecular flexibility index (Phi) is 4.34. The van der Waals surface area contributed by atoms with E-state index < -0.39 is 0 Å². The van der Waals surface area contributed by atoms with Gasteiger partial charge in [-0.25, -0.2) is 4.98 Å². The van der Waals surface area contributed by atoms with Crippen LogP contribution in [-0.4, -0.2) is 15.9 Å². The minimum atomic E-state index is -0.238. The van der Waals surface area contributed by atoms with E-state index in [0.29, 0.717) is 23.6 Å². The second kappa shape index (κ2) is 6.00. The Balaban J connectivity index is 2.02. The van der Waals surface area contributed by atoms with Gasteiger partial charge in [-0.2, -0.15) is 0 Å². The van der Waals surface area contributed by atoms with Gasteiger partial charge in [-0.15, -0.1) is 11.3 Å². The minimum absolute atomic E-state index is 0.0544. The third kappa shape index (κ3) is 3.33. The Morgan fingerprint density at radius 1 is 1.40 bits per heavy atom. The molecule has 20 heavy (non-hydrogen) atoms. The lowest BCUT2D eigenvalue weighted by molar-refractivity contribution is -0.120. The van der Waals surface area contributed by atoms with Gasteiger partial charge in [0, 0.05) is 16.1 Å². The summed E-state index contributed by atoms with van der Waals surface area (Å²) in [6.45, 7) is 5.97. The monoisotopic (exact) mass is 291 g/mol. The highest BCUT2D eigenvalue weighted by molar-refractivity contribution is 7.10. The fourth-order valence-corrected chi connectivity index (χ4v) is 2.79. The maximum atomic E-state index is 11.9. The standard InChI is InChI=1S/C14H17N3O2S/c1-8-4-5-20-12(8)7-15-13(18)6-11-9(2)16-10(3)17-14(11)19/h4-5H,6-7H2,1-3H3,(H,15,18)(H,16,17,19). The molecule has 2 N–H and O–H groups in total. The number of thiophene rings is 1. The van der Waals surface area contributed by atoms with Crippen LogP contribution in [0.5, 0.6) is 0 Å². The molecule has 2 rings (SSSR count). The van der Waals surface area contributed by atoms with Crippen molar-refractivity contribution in [3.05, 3.63) is 49.3 Å². The Morgan fingerprint density at radius 3 is 2.75 bits per heavy atom. The normalized spacial score (nSPS) is 10.6. The van der Waals surface area contributed by atoms with Gasteiger partial charge in [-0.05, 0) is 37.8 Å². The van der Waals surface area contributed by atoms with Crippen molar-refractivity contribution in [1.82, 2.24) is 15.3 Å². The summed E-state index contributed by atoms with van der Waals surface area (Å²) in [7, 11) is 0. The molecule has 0 fully saturated rings. The van der Waals surface area contributed by atoms with E-state index in [-0.39, 0.29) is 17.9 Å². The van der Waals surface area contributed by atoms with Gasteiger partial charge in [0.15, 0.2) is 0 Å².